The van der Waals surface area contributed by atoms with E-state index in [4.69, 9.17) is 5.73 Å². The maximum absolute atomic E-state index is 13.5. The van der Waals surface area contributed by atoms with Gasteiger partial charge in [0.2, 0.25) is 0 Å². The zero-order valence-corrected chi connectivity index (χ0v) is 24.0. The minimum absolute atomic E-state index is 0.119. The Morgan fingerprint density at radius 3 is 2.39 bits per heavy atom. The van der Waals surface area contributed by atoms with Crippen molar-refractivity contribution in [1.82, 2.24) is 4.90 Å². The Bertz CT molecular complexity index is 1720. The van der Waals surface area contributed by atoms with E-state index >= 15 is 0 Å². The zero-order chi connectivity index (χ0) is 28.6. The van der Waals surface area contributed by atoms with Crippen molar-refractivity contribution in [3.63, 3.8) is 0 Å². The van der Waals surface area contributed by atoms with E-state index in [1.165, 1.54) is 45.5 Å². The first-order chi connectivity index (χ1) is 19.8. The summed E-state index contributed by atoms with van der Waals surface area (Å²) in [5, 5.41) is 3.29. The van der Waals surface area contributed by atoms with Crippen molar-refractivity contribution in [3.8, 4) is 0 Å². The molecule has 2 aliphatic heterocycles. The Kier molecular flexibility index (Phi) is 7.37. The lowest BCUT2D eigenvalue weighted by Crippen LogP contribution is -2.35. The second-order valence-electron chi connectivity index (χ2n) is 10.3. The first kappa shape index (κ1) is 27.2. The molecule has 0 aliphatic carbocycles. The number of anilines is 2. The summed E-state index contributed by atoms with van der Waals surface area (Å²) in [6.07, 6.45) is 2.25. The molecule has 0 atom stereocenters. The molecule has 3 N–H and O–H groups in total. The molecule has 2 amide bonds. The van der Waals surface area contributed by atoms with Gasteiger partial charge in [-0.2, -0.15) is 0 Å². The summed E-state index contributed by atoms with van der Waals surface area (Å²) >= 11 is 1.37. The fourth-order valence-electron chi connectivity index (χ4n) is 5.61. The second-order valence-corrected chi connectivity index (χ2v) is 13.3. The molecule has 0 unspecified atom stereocenters. The number of para-hydroxylation sites is 1. The molecule has 41 heavy (non-hydrogen) atoms. The van der Waals surface area contributed by atoms with Crippen molar-refractivity contribution >= 4 is 43.9 Å². The summed E-state index contributed by atoms with van der Waals surface area (Å²) in [4.78, 5) is 29.1. The molecule has 8 nitrogen and oxygen atoms in total. The predicted molar refractivity (Wildman–Crippen MR) is 161 cm³/mol. The number of thiophene rings is 1. The third-order valence-corrected chi connectivity index (χ3v) is 10.6. The molecule has 1 aromatic heterocycles. The van der Waals surface area contributed by atoms with E-state index in [1.807, 2.05) is 42.5 Å². The molecule has 3 aromatic carbocycles. The molecule has 6 rings (SSSR count). The maximum Gasteiger partial charge on any atom is 0.264 e. The number of benzene rings is 3. The van der Waals surface area contributed by atoms with E-state index in [0.717, 1.165) is 41.9 Å². The van der Waals surface area contributed by atoms with Crippen LogP contribution in [0.4, 0.5) is 10.7 Å². The fraction of sp³-hybridized carbons (Fsp3) is 0.226. The number of sulfonamides is 1. The van der Waals surface area contributed by atoms with Crippen molar-refractivity contribution in [3.05, 3.63) is 112 Å². The van der Waals surface area contributed by atoms with Crippen molar-refractivity contribution in [2.75, 3.05) is 22.7 Å². The average Bonchev–Trinajstić information content (AvgIpc) is 3.34. The highest BCUT2D eigenvalue weighted by atomic mass is 32.2. The van der Waals surface area contributed by atoms with Crippen LogP contribution in [0.15, 0.2) is 83.8 Å². The van der Waals surface area contributed by atoms with Gasteiger partial charge in [-0.25, -0.2) is 8.42 Å². The Balaban J connectivity index is 1.20. The van der Waals surface area contributed by atoms with Gasteiger partial charge >= 0.3 is 0 Å². The van der Waals surface area contributed by atoms with Gasteiger partial charge in [0, 0.05) is 36.6 Å². The molecule has 10 heteroatoms. The third kappa shape index (κ3) is 5.38. The first-order valence-corrected chi connectivity index (χ1v) is 15.8. The number of nitrogens with two attached hydrogens (primary N) is 1. The topological polar surface area (TPSA) is 113 Å². The molecule has 0 saturated carbocycles. The van der Waals surface area contributed by atoms with Gasteiger partial charge in [0.15, 0.2) is 0 Å². The van der Waals surface area contributed by atoms with Gasteiger partial charge in [-0.15, -0.1) is 11.3 Å². The molecule has 3 heterocycles. The van der Waals surface area contributed by atoms with Crippen LogP contribution in [0.2, 0.25) is 0 Å². The van der Waals surface area contributed by atoms with Gasteiger partial charge in [-0.05, 0) is 66.3 Å². The SMILES string of the molecule is NC(=O)c1c(NC(=O)c2ccc(S(=O)(=O)N3CCCc4ccccc43)cc2)sc2c1CCN(Cc1ccccc1)C2. The number of nitrogens with zero attached hydrogens (tertiary/aromatic N) is 2. The van der Waals surface area contributed by atoms with Gasteiger partial charge < -0.3 is 11.1 Å². The summed E-state index contributed by atoms with van der Waals surface area (Å²) < 4.78 is 28.4. The number of nitrogens with one attached hydrogen (secondary N) is 1. The first-order valence-electron chi connectivity index (χ1n) is 13.5. The number of fused-ring (bicyclic) bond motifs is 2. The van der Waals surface area contributed by atoms with Gasteiger partial charge in [0.25, 0.3) is 21.8 Å². The van der Waals surface area contributed by atoms with E-state index in [2.05, 4.69) is 22.3 Å². The molecule has 0 radical (unpaired) electrons. The molecule has 0 fully saturated rings. The largest absolute Gasteiger partial charge is 0.365 e. The molecule has 2 aliphatic rings. The lowest BCUT2D eigenvalue weighted by atomic mass is 10.0. The van der Waals surface area contributed by atoms with Crippen molar-refractivity contribution in [2.24, 2.45) is 5.73 Å². The van der Waals surface area contributed by atoms with Crippen LogP contribution >= 0.6 is 11.3 Å². The van der Waals surface area contributed by atoms with Gasteiger partial charge in [0.05, 0.1) is 16.1 Å². The van der Waals surface area contributed by atoms with Crippen LogP contribution < -0.4 is 15.4 Å². The standard InChI is InChI=1S/C31H30N4O4S2/c32-29(36)28-25-16-18-34(19-21-7-2-1-3-8-21)20-27(25)40-31(28)33-30(37)23-12-14-24(15-13-23)41(38,39)35-17-6-10-22-9-4-5-11-26(22)35/h1-5,7-9,11-15H,6,10,16-20H2,(H2,32,36)(H,33,37). The van der Waals surface area contributed by atoms with Crippen molar-refractivity contribution < 1.29 is 18.0 Å². The quantitative estimate of drug-likeness (QED) is 0.323. The number of carbonyl (C=O) groups excluding carboxylic acids is 2. The molecule has 0 bridgehead atoms. The lowest BCUT2D eigenvalue weighted by molar-refractivity contribution is 0.0999. The Morgan fingerprint density at radius 1 is 0.902 bits per heavy atom. The molecule has 210 valence electrons. The third-order valence-electron chi connectivity index (χ3n) is 7.63. The monoisotopic (exact) mass is 586 g/mol. The second kappa shape index (κ2) is 11.1. The van der Waals surface area contributed by atoms with Crippen LogP contribution in [-0.2, 0) is 36.0 Å². The number of rotatable bonds is 7. The zero-order valence-electron chi connectivity index (χ0n) is 22.4. The number of carbonyl (C=O) groups is 2. The number of hydrogen-bond acceptors (Lipinski definition) is 6. The van der Waals surface area contributed by atoms with E-state index in [9.17, 15) is 18.0 Å². The Hall–Kier alpha value is -3.99. The van der Waals surface area contributed by atoms with Crippen molar-refractivity contribution in [1.29, 1.82) is 0 Å². The molecule has 4 aromatic rings. The lowest BCUT2D eigenvalue weighted by Gasteiger charge is -2.30. The summed E-state index contributed by atoms with van der Waals surface area (Å²) in [5.74, 6) is -1.00. The van der Waals surface area contributed by atoms with E-state index in [0.29, 0.717) is 35.8 Å². The fourth-order valence-corrected chi connectivity index (χ4v) is 8.44. The molecular weight excluding hydrogens is 556 g/mol. The predicted octanol–water partition coefficient (Wildman–Crippen LogP) is 4.80. The highest BCUT2D eigenvalue weighted by Crippen LogP contribution is 2.38. The van der Waals surface area contributed by atoms with E-state index in [-0.39, 0.29) is 10.5 Å². The average molecular weight is 587 g/mol. The van der Waals surface area contributed by atoms with Crippen LogP contribution in [0.1, 0.15) is 48.7 Å². The normalized spacial score (nSPS) is 15.2. The van der Waals surface area contributed by atoms with Gasteiger partial charge in [-0.1, -0.05) is 48.5 Å². The van der Waals surface area contributed by atoms with Crippen LogP contribution in [0.5, 0.6) is 0 Å². The van der Waals surface area contributed by atoms with Gasteiger partial charge in [-0.3, -0.25) is 18.8 Å². The summed E-state index contributed by atoms with van der Waals surface area (Å²) in [5.41, 5.74) is 10.2. The minimum Gasteiger partial charge on any atom is -0.365 e. The minimum atomic E-state index is -3.79. The number of hydrogen-bond donors (Lipinski definition) is 2. The highest BCUT2D eigenvalue weighted by Gasteiger charge is 2.30. The number of amides is 2. The van der Waals surface area contributed by atoms with Gasteiger partial charge in [0.1, 0.15) is 5.00 Å². The summed E-state index contributed by atoms with van der Waals surface area (Å²) in [6.45, 7) is 2.65. The summed E-state index contributed by atoms with van der Waals surface area (Å²) in [6, 6.07) is 23.6. The molecular formula is C31H30N4O4S2. The molecule has 0 spiro atoms. The smallest absolute Gasteiger partial charge is 0.264 e. The van der Waals surface area contributed by atoms with E-state index in [1.54, 1.807) is 0 Å². The number of aryl methyl sites for hydroxylation is 1. The summed E-state index contributed by atoms with van der Waals surface area (Å²) in [7, 11) is -3.79. The van der Waals surface area contributed by atoms with Crippen LogP contribution in [-0.4, -0.2) is 38.2 Å². The van der Waals surface area contributed by atoms with Crippen LogP contribution in [0.25, 0.3) is 0 Å². The Morgan fingerprint density at radius 2 is 1.63 bits per heavy atom. The molecule has 0 saturated heterocycles. The Labute approximate surface area is 243 Å². The van der Waals surface area contributed by atoms with E-state index < -0.39 is 21.8 Å². The number of primary amides is 1. The highest BCUT2D eigenvalue weighted by molar-refractivity contribution is 7.92. The van der Waals surface area contributed by atoms with Crippen LogP contribution in [0, 0.1) is 0 Å². The van der Waals surface area contributed by atoms with Crippen LogP contribution in [0.3, 0.4) is 0 Å². The van der Waals surface area contributed by atoms with Crippen molar-refractivity contribution in [2.45, 2.75) is 37.2 Å². The maximum atomic E-state index is 13.5.